The number of carbonyl (C=O) groups is 2. The van der Waals surface area contributed by atoms with Crippen LogP contribution >= 0.6 is 0 Å². The third-order valence-electron chi connectivity index (χ3n) is 2.37. The van der Waals surface area contributed by atoms with E-state index in [1.165, 1.54) is 0 Å². The van der Waals surface area contributed by atoms with E-state index in [1.54, 1.807) is 24.3 Å². The monoisotopic (exact) mass is 235 g/mol. The van der Waals surface area contributed by atoms with E-state index in [-0.39, 0.29) is 5.91 Å². The van der Waals surface area contributed by atoms with Crippen molar-refractivity contribution >= 4 is 17.5 Å². The minimum Gasteiger partial charge on any atom is -0.366 e. The molecule has 0 aliphatic carbocycles. The van der Waals surface area contributed by atoms with Crippen molar-refractivity contribution in [3.05, 3.63) is 29.8 Å². The lowest BCUT2D eigenvalue weighted by atomic mass is 10.1. The van der Waals surface area contributed by atoms with Crippen LogP contribution in [0.25, 0.3) is 0 Å². The van der Waals surface area contributed by atoms with Gasteiger partial charge >= 0.3 is 0 Å². The summed E-state index contributed by atoms with van der Waals surface area (Å²) in [7, 11) is 0. The zero-order valence-electron chi connectivity index (χ0n) is 9.77. The number of nitrogens with one attached hydrogen (secondary N) is 1. The standard InChI is InChI=1S/C12H17N3O2/c1-2-3-10(13)12(17)15-9-6-4-8(5-7-9)11(14)16/h4-7,10H,2-3,13H2,1H3,(H2,14,16)(H,15,17)/t10-/m1/s1. The molecular weight excluding hydrogens is 218 g/mol. The van der Waals surface area contributed by atoms with Crippen molar-refractivity contribution in [2.45, 2.75) is 25.8 Å². The first-order valence-electron chi connectivity index (χ1n) is 5.51. The lowest BCUT2D eigenvalue weighted by Gasteiger charge is -2.11. The van der Waals surface area contributed by atoms with E-state index in [9.17, 15) is 9.59 Å². The largest absolute Gasteiger partial charge is 0.366 e. The number of hydrogen-bond acceptors (Lipinski definition) is 3. The first kappa shape index (κ1) is 13.2. The minimum absolute atomic E-state index is 0.223. The lowest BCUT2D eigenvalue weighted by molar-refractivity contribution is -0.117. The van der Waals surface area contributed by atoms with Gasteiger partial charge in [-0.3, -0.25) is 9.59 Å². The number of anilines is 1. The van der Waals surface area contributed by atoms with Crippen molar-refractivity contribution in [3.63, 3.8) is 0 Å². The molecule has 1 rings (SSSR count). The van der Waals surface area contributed by atoms with Crippen LogP contribution in [-0.4, -0.2) is 17.9 Å². The number of hydrogen-bond donors (Lipinski definition) is 3. The first-order chi connectivity index (χ1) is 8.04. The molecule has 0 saturated carbocycles. The molecule has 5 heteroatoms. The summed E-state index contributed by atoms with van der Waals surface area (Å²) in [4.78, 5) is 22.4. The number of amides is 2. The summed E-state index contributed by atoms with van der Waals surface area (Å²) in [5, 5.41) is 2.68. The molecule has 1 atom stereocenters. The molecule has 0 unspecified atom stereocenters. The van der Waals surface area contributed by atoms with Crippen LogP contribution in [-0.2, 0) is 4.79 Å². The first-order valence-corrected chi connectivity index (χ1v) is 5.51. The Labute approximate surface area is 100 Å². The highest BCUT2D eigenvalue weighted by atomic mass is 16.2. The van der Waals surface area contributed by atoms with Gasteiger partial charge in [-0.25, -0.2) is 0 Å². The van der Waals surface area contributed by atoms with Crippen molar-refractivity contribution in [2.24, 2.45) is 11.5 Å². The third-order valence-corrected chi connectivity index (χ3v) is 2.37. The van der Waals surface area contributed by atoms with Gasteiger partial charge in [0.15, 0.2) is 0 Å². The molecule has 1 aromatic carbocycles. The molecular formula is C12H17N3O2. The van der Waals surface area contributed by atoms with Gasteiger partial charge in [0, 0.05) is 11.3 Å². The SMILES string of the molecule is CCC[C@@H](N)C(=O)Nc1ccc(C(N)=O)cc1. The van der Waals surface area contributed by atoms with Crippen LogP contribution < -0.4 is 16.8 Å². The fourth-order valence-corrected chi connectivity index (χ4v) is 1.39. The van der Waals surface area contributed by atoms with Gasteiger partial charge in [0.2, 0.25) is 11.8 Å². The van der Waals surface area contributed by atoms with Crippen LogP contribution in [0.4, 0.5) is 5.69 Å². The van der Waals surface area contributed by atoms with Crippen molar-refractivity contribution < 1.29 is 9.59 Å². The quantitative estimate of drug-likeness (QED) is 0.705. The second-order valence-electron chi connectivity index (χ2n) is 3.83. The van der Waals surface area contributed by atoms with Crippen molar-refractivity contribution in [1.29, 1.82) is 0 Å². The Morgan fingerprint density at radius 3 is 2.35 bits per heavy atom. The van der Waals surface area contributed by atoms with E-state index in [4.69, 9.17) is 11.5 Å². The number of benzene rings is 1. The van der Waals surface area contributed by atoms with Gasteiger partial charge in [-0.1, -0.05) is 13.3 Å². The van der Waals surface area contributed by atoms with Gasteiger partial charge < -0.3 is 16.8 Å². The number of nitrogens with two attached hydrogens (primary N) is 2. The van der Waals surface area contributed by atoms with E-state index in [2.05, 4.69) is 5.32 Å². The van der Waals surface area contributed by atoms with Gasteiger partial charge in [-0.15, -0.1) is 0 Å². The van der Waals surface area contributed by atoms with Crippen molar-refractivity contribution in [3.8, 4) is 0 Å². The molecule has 5 nitrogen and oxygen atoms in total. The van der Waals surface area contributed by atoms with Gasteiger partial charge in [0.1, 0.15) is 0 Å². The Hall–Kier alpha value is -1.88. The predicted molar refractivity (Wildman–Crippen MR) is 66.5 cm³/mol. The van der Waals surface area contributed by atoms with Gasteiger partial charge in [0.05, 0.1) is 6.04 Å². The van der Waals surface area contributed by atoms with Gasteiger partial charge in [-0.2, -0.15) is 0 Å². The summed E-state index contributed by atoms with van der Waals surface area (Å²) >= 11 is 0. The maximum Gasteiger partial charge on any atom is 0.248 e. The van der Waals surface area contributed by atoms with E-state index >= 15 is 0 Å². The van der Waals surface area contributed by atoms with Crippen LogP contribution in [0.2, 0.25) is 0 Å². The average Bonchev–Trinajstić information content (AvgIpc) is 2.30. The third kappa shape index (κ3) is 3.88. The van der Waals surface area contributed by atoms with Crippen LogP contribution in [0, 0.1) is 0 Å². The minimum atomic E-state index is -0.504. The fourth-order valence-electron chi connectivity index (χ4n) is 1.39. The molecule has 1 aromatic rings. The molecule has 0 aliphatic rings. The van der Waals surface area contributed by atoms with Crippen LogP contribution in [0.5, 0.6) is 0 Å². The molecule has 0 aliphatic heterocycles. The van der Waals surface area contributed by atoms with Gasteiger partial charge in [0.25, 0.3) is 0 Å². The van der Waals surface area contributed by atoms with Crippen LogP contribution in [0.15, 0.2) is 24.3 Å². The topological polar surface area (TPSA) is 98.2 Å². The highest BCUT2D eigenvalue weighted by molar-refractivity contribution is 5.96. The fraction of sp³-hybridized carbons (Fsp3) is 0.333. The summed E-state index contributed by atoms with van der Waals surface area (Å²) in [6, 6.07) is 5.86. The molecule has 0 heterocycles. The zero-order chi connectivity index (χ0) is 12.8. The summed E-state index contributed by atoms with van der Waals surface area (Å²) < 4.78 is 0. The van der Waals surface area contributed by atoms with Crippen LogP contribution in [0.1, 0.15) is 30.1 Å². The molecule has 0 spiro atoms. The summed E-state index contributed by atoms with van der Waals surface area (Å²) in [6.45, 7) is 1.97. The summed E-state index contributed by atoms with van der Waals surface area (Å²) in [5.74, 6) is -0.718. The van der Waals surface area contributed by atoms with Crippen LogP contribution in [0.3, 0.4) is 0 Å². The Morgan fingerprint density at radius 1 is 1.29 bits per heavy atom. The average molecular weight is 235 g/mol. The molecule has 5 N–H and O–H groups in total. The molecule has 92 valence electrons. The van der Waals surface area contributed by atoms with Crippen molar-refractivity contribution in [1.82, 2.24) is 0 Å². The number of rotatable bonds is 5. The molecule has 0 fully saturated rings. The Bertz CT molecular complexity index is 401. The smallest absolute Gasteiger partial charge is 0.248 e. The molecule has 0 radical (unpaired) electrons. The highest BCUT2D eigenvalue weighted by Gasteiger charge is 2.12. The van der Waals surface area contributed by atoms with E-state index < -0.39 is 11.9 Å². The van der Waals surface area contributed by atoms with Crippen molar-refractivity contribution in [2.75, 3.05) is 5.32 Å². The molecule has 17 heavy (non-hydrogen) atoms. The summed E-state index contributed by atoms with van der Waals surface area (Å²) in [6.07, 6.45) is 1.50. The molecule has 0 bridgehead atoms. The predicted octanol–water partition coefficient (Wildman–Crippen LogP) is 0.851. The van der Waals surface area contributed by atoms with Gasteiger partial charge in [-0.05, 0) is 30.7 Å². The normalized spacial score (nSPS) is 11.9. The maximum absolute atomic E-state index is 11.6. The highest BCUT2D eigenvalue weighted by Crippen LogP contribution is 2.09. The Morgan fingerprint density at radius 2 is 1.88 bits per heavy atom. The lowest BCUT2D eigenvalue weighted by Crippen LogP contribution is -2.35. The molecule has 0 saturated heterocycles. The van der Waals surface area contributed by atoms with E-state index in [1.807, 2.05) is 6.92 Å². The Kier molecular flexibility index (Phi) is 4.66. The Balaban J connectivity index is 2.63. The van der Waals surface area contributed by atoms with E-state index in [0.29, 0.717) is 17.7 Å². The number of primary amides is 1. The number of carbonyl (C=O) groups excluding carboxylic acids is 2. The zero-order valence-corrected chi connectivity index (χ0v) is 9.77. The second-order valence-corrected chi connectivity index (χ2v) is 3.83. The maximum atomic E-state index is 11.6. The molecule has 0 aromatic heterocycles. The molecule has 2 amide bonds. The second kappa shape index (κ2) is 6.00. The van der Waals surface area contributed by atoms with E-state index in [0.717, 1.165) is 6.42 Å². The summed E-state index contributed by atoms with van der Waals surface area (Å²) in [5.41, 5.74) is 11.8.